The maximum absolute atomic E-state index is 12.3. The van der Waals surface area contributed by atoms with Crippen molar-refractivity contribution in [2.75, 3.05) is 11.9 Å². The molecule has 0 saturated heterocycles. The fourth-order valence-corrected chi connectivity index (χ4v) is 0.717. The van der Waals surface area contributed by atoms with Crippen molar-refractivity contribution in [3.05, 3.63) is 24.3 Å². The minimum Gasteiger partial charge on any atom is -0.385 e. The number of anilines is 1. The molecular formula is C7H9FN2. The Bertz CT molecular complexity index is 213. The molecule has 0 aromatic carbocycles. The van der Waals surface area contributed by atoms with E-state index in [0.717, 1.165) is 12.2 Å². The molecule has 1 N–H and O–H groups in total. The summed E-state index contributed by atoms with van der Waals surface area (Å²) in [6.07, 6.45) is 1.44. The second-order valence-electron chi connectivity index (χ2n) is 1.90. The second-order valence-corrected chi connectivity index (χ2v) is 1.90. The normalized spacial score (nSPS) is 9.40. The standard InChI is InChI=1S/C7H9FN2/c1-2-9-6-3-4-10-7(8)5-6/h3-5H,2H2,1H3,(H,9,10). The van der Waals surface area contributed by atoms with Gasteiger partial charge in [0.05, 0.1) is 0 Å². The first-order chi connectivity index (χ1) is 4.83. The third-order valence-corrected chi connectivity index (χ3v) is 1.11. The first-order valence-corrected chi connectivity index (χ1v) is 3.18. The summed E-state index contributed by atoms with van der Waals surface area (Å²) in [6, 6.07) is 3.09. The first kappa shape index (κ1) is 6.99. The lowest BCUT2D eigenvalue weighted by Crippen LogP contribution is -1.96. The van der Waals surface area contributed by atoms with Gasteiger partial charge >= 0.3 is 0 Å². The van der Waals surface area contributed by atoms with Crippen LogP contribution in [0.4, 0.5) is 10.1 Å². The van der Waals surface area contributed by atoms with Crippen LogP contribution in [0.25, 0.3) is 0 Å². The SMILES string of the molecule is CCNc1ccnc(F)c1. The van der Waals surface area contributed by atoms with Crippen molar-refractivity contribution in [1.82, 2.24) is 4.98 Å². The highest BCUT2D eigenvalue weighted by molar-refractivity contribution is 5.40. The molecule has 0 atom stereocenters. The van der Waals surface area contributed by atoms with Crippen LogP contribution in [0.1, 0.15) is 6.92 Å². The molecule has 0 bridgehead atoms. The summed E-state index contributed by atoms with van der Waals surface area (Å²) in [5.41, 5.74) is 0.773. The molecule has 1 aromatic heterocycles. The maximum atomic E-state index is 12.3. The average Bonchev–Trinajstić information content (AvgIpc) is 1.88. The molecule has 0 saturated carbocycles. The van der Waals surface area contributed by atoms with Crippen molar-refractivity contribution < 1.29 is 4.39 Å². The highest BCUT2D eigenvalue weighted by Gasteiger charge is 1.91. The lowest BCUT2D eigenvalue weighted by molar-refractivity contribution is 0.584. The largest absolute Gasteiger partial charge is 0.385 e. The number of nitrogens with one attached hydrogen (secondary N) is 1. The molecule has 54 valence electrons. The van der Waals surface area contributed by atoms with Crippen LogP contribution in [0.3, 0.4) is 0 Å². The van der Waals surface area contributed by atoms with Gasteiger partial charge in [-0.3, -0.25) is 0 Å². The van der Waals surface area contributed by atoms with Gasteiger partial charge in [0, 0.05) is 24.5 Å². The van der Waals surface area contributed by atoms with E-state index in [1.807, 2.05) is 6.92 Å². The van der Waals surface area contributed by atoms with E-state index < -0.39 is 5.95 Å². The third-order valence-electron chi connectivity index (χ3n) is 1.11. The molecule has 0 aliphatic rings. The number of nitrogens with zero attached hydrogens (tertiary/aromatic N) is 1. The highest BCUT2D eigenvalue weighted by atomic mass is 19.1. The molecular weight excluding hydrogens is 131 g/mol. The van der Waals surface area contributed by atoms with Crippen molar-refractivity contribution in [3.63, 3.8) is 0 Å². The van der Waals surface area contributed by atoms with Crippen LogP contribution in [0.15, 0.2) is 18.3 Å². The van der Waals surface area contributed by atoms with Gasteiger partial charge in [-0.15, -0.1) is 0 Å². The van der Waals surface area contributed by atoms with Crippen molar-refractivity contribution in [2.24, 2.45) is 0 Å². The Balaban J connectivity index is 2.75. The Labute approximate surface area is 59.1 Å². The van der Waals surface area contributed by atoms with Crippen molar-refractivity contribution >= 4 is 5.69 Å². The van der Waals surface area contributed by atoms with Gasteiger partial charge in [0.2, 0.25) is 5.95 Å². The third kappa shape index (κ3) is 1.69. The summed E-state index contributed by atoms with van der Waals surface area (Å²) < 4.78 is 12.3. The molecule has 10 heavy (non-hydrogen) atoms. The van der Waals surface area contributed by atoms with Crippen molar-refractivity contribution in [1.29, 1.82) is 0 Å². The monoisotopic (exact) mass is 140 g/mol. The second kappa shape index (κ2) is 3.15. The first-order valence-electron chi connectivity index (χ1n) is 3.18. The fourth-order valence-electron chi connectivity index (χ4n) is 0.717. The number of hydrogen-bond acceptors (Lipinski definition) is 2. The fraction of sp³-hybridized carbons (Fsp3) is 0.286. The molecule has 0 radical (unpaired) electrons. The summed E-state index contributed by atoms with van der Waals surface area (Å²) >= 11 is 0. The van der Waals surface area contributed by atoms with E-state index in [1.165, 1.54) is 12.3 Å². The van der Waals surface area contributed by atoms with Gasteiger partial charge in [0.15, 0.2) is 0 Å². The lowest BCUT2D eigenvalue weighted by atomic mass is 10.4. The number of rotatable bonds is 2. The predicted octanol–water partition coefficient (Wildman–Crippen LogP) is 1.65. The zero-order valence-corrected chi connectivity index (χ0v) is 5.76. The van der Waals surface area contributed by atoms with Gasteiger partial charge in [-0.25, -0.2) is 4.98 Å². The van der Waals surface area contributed by atoms with Crippen LogP contribution in [0, 0.1) is 5.95 Å². The average molecular weight is 140 g/mol. The highest BCUT2D eigenvalue weighted by Crippen LogP contribution is 2.04. The predicted molar refractivity (Wildman–Crippen MR) is 38.4 cm³/mol. The van der Waals surface area contributed by atoms with E-state index in [2.05, 4.69) is 10.3 Å². The number of hydrogen-bond donors (Lipinski definition) is 1. The van der Waals surface area contributed by atoms with E-state index in [1.54, 1.807) is 6.07 Å². The molecule has 3 heteroatoms. The summed E-state index contributed by atoms with van der Waals surface area (Å²) in [5.74, 6) is -0.446. The van der Waals surface area contributed by atoms with Crippen LogP contribution in [0.2, 0.25) is 0 Å². The lowest BCUT2D eigenvalue weighted by Gasteiger charge is -1.99. The summed E-state index contributed by atoms with van der Waals surface area (Å²) in [6.45, 7) is 2.75. The van der Waals surface area contributed by atoms with Gasteiger partial charge in [-0.2, -0.15) is 4.39 Å². The molecule has 0 spiro atoms. The maximum Gasteiger partial charge on any atom is 0.214 e. The van der Waals surface area contributed by atoms with Gasteiger partial charge in [0.1, 0.15) is 0 Å². The van der Waals surface area contributed by atoms with E-state index >= 15 is 0 Å². The molecule has 0 aliphatic carbocycles. The van der Waals surface area contributed by atoms with Crippen LogP contribution in [-0.2, 0) is 0 Å². The van der Waals surface area contributed by atoms with Gasteiger partial charge < -0.3 is 5.32 Å². The van der Waals surface area contributed by atoms with Crippen LogP contribution in [0.5, 0.6) is 0 Å². The number of aromatic nitrogens is 1. The summed E-state index contributed by atoms with van der Waals surface area (Å²) in [7, 11) is 0. The molecule has 1 heterocycles. The topological polar surface area (TPSA) is 24.9 Å². The van der Waals surface area contributed by atoms with Crippen LogP contribution < -0.4 is 5.32 Å². The van der Waals surface area contributed by atoms with E-state index in [4.69, 9.17) is 0 Å². The van der Waals surface area contributed by atoms with E-state index in [0.29, 0.717) is 0 Å². The smallest absolute Gasteiger partial charge is 0.214 e. The Morgan fingerprint density at radius 2 is 2.50 bits per heavy atom. The van der Waals surface area contributed by atoms with Crippen LogP contribution >= 0.6 is 0 Å². The molecule has 1 aromatic rings. The molecule has 0 unspecified atom stereocenters. The zero-order chi connectivity index (χ0) is 7.40. The summed E-state index contributed by atoms with van der Waals surface area (Å²) in [5, 5.41) is 2.97. The molecule has 1 rings (SSSR count). The Kier molecular flexibility index (Phi) is 2.20. The van der Waals surface area contributed by atoms with E-state index in [-0.39, 0.29) is 0 Å². The number of halogens is 1. The zero-order valence-electron chi connectivity index (χ0n) is 5.76. The Morgan fingerprint density at radius 3 is 3.10 bits per heavy atom. The van der Waals surface area contributed by atoms with Crippen LogP contribution in [-0.4, -0.2) is 11.5 Å². The Hall–Kier alpha value is -1.12. The minimum atomic E-state index is -0.446. The number of pyridine rings is 1. The molecule has 0 aliphatic heterocycles. The molecule has 0 fully saturated rings. The van der Waals surface area contributed by atoms with Gasteiger partial charge in [-0.05, 0) is 13.0 Å². The molecule has 0 amide bonds. The van der Waals surface area contributed by atoms with Gasteiger partial charge in [-0.1, -0.05) is 0 Å². The molecule has 2 nitrogen and oxygen atoms in total. The van der Waals surface area contributed by atoms with E-state index in [9.17, 15) is 4.39 Å². The summed E-state index contributed by atoms with van der Waals surface area (Å²) in [4.78, 5) is 3.42. The van der Waals surface area contributed by atoms with Crippen molar-refractivity contribution in [3.8, 4) is 0 Å². The quantitative estimate of drug-likeness (QED) is 0.632. The Morgan fingerprint density at radius 1 is 1.70 bits per heavy atom. The minimum absolute atomic E-state index is 0.446. The van der Waals surface area contributed by atoms with Gasteiger partial charge in [0.25, 0.3) is 0 Å². The van der Waals surface area contributed by atoms with Crippen molar-refractivity contribution in [2.45, 2.75) is 6.92 Å².